The van der Waals surface area contributed by atoms with Gasteiger partial charge >= 0.3 is 0 Å². The van der Waals surface area contributed by atoms with Gasteiger partial charge < -0.3 is 15.1 Å². The molecule has 0 saturated carbocycles. The molecule has 1 atom stereocenters. The third-order valence-electron chi connectivity index (χ3n) is 5.22. The molecule has 4 aromatic rings. The summed E-state index contributed by atoms with van der Waals surface area (Å²) in [5.41, 5.74) is 9.41. The van der Waals surface area contributed by atoms with Crippen LogP contribution in [0.1, 0.15) is 22.4 Å². The number of aldehydes is 1. The van der Waals surface area contributed by atoms with E-state index in [2.05, 4.69) is 82.3 Å². The molecule has 0 saturated heterocycles. The number of nitrogens with two attached hydrogens (primary N) is 1. The molecule has 0 spiro atoms. The quantitative estimate of drug-likeness (QED) is 0.391. The molecule has 0 amide bonds. The molecule has 29 heavy (non-hydrogen) atoms. The van der Waals surface area contributed by atoms with Gasteiger partial charge in [-0.15, -0.1) is 0 Å². The fourth-order valence-electron chi connectivity index (χ4n) is 3.93. The van der Waals surface area contributed by atoms with Crippen molar-refractivity contribution in [1.29, 1.82) is 0 Å². The molecule has 0 aliphatic rings. The van der Waals surface area contributed by atoms with Crippen LogP contribution in [-0.4, -0.2) is 21.9 Å². The van der Waals surface area contributed by atoms with Crippen molar-refractivity contribution in [1.82, 2.24) is 9.55 Å². The molecular formula is C25H23N3O. The van der Waals surface area contributed by atoms with Gasteiger partial charge in [0.25, 0.3) is 0 Å². The Morgan fingerprint density at radius 3 is 1.69 bits per heavy atom. The first kappa shape index (κ1) is 18.8. The van der Waals surface area contributed by atoms with Crippen LogP contribution in [0.5, 0.6) is 0 Å². The van der Waals surface area contributed by atoms with Crippen LogP contribution in [0, 0.1) is 0 Å². The lowest BCUT2D eigenvalue weighted by molar-refractivity contribution is -0.108. The van der Waals surface area contributed by atoms with Gasteiger partial charge in [0.1, 0.15) is 11.8 Å². The van der Waals surface area contributed by atoms with Gasteiger partial charge in [-0.25, -0.2) is 4.98 Å². The van der Waals surface area contributed by atoms with Crippen molar-refractivity contribution in [2.45, 2.75) is 18.0 Å². The molecule has 2 N–H and O–H groups in total. The Labute approximate surface area is 170 Å². The lowest BCUT2D eigenvalue weighted by Crippen LogP contribution is -2.37. The lowest BCUT2D eigenvalue weighted by Gasteiger charge is -2.37. The number of hydrogen-bond acceptors (Lipinski definition) is 3. The maximum Gasteiger partial charge on any atom is 0.137 e. The molecule has 0 radical (unpaired) electrons. The number of imidazole rings is 1. The normalized spacial score (nSPS) is 12.4. The molecule has 4 nitrogen and oxygen atoms in total. The van der Waals surface area contributed by atoms with Crippen LogP contribution in [0.3, 0.4) is 0 Å². The molecule has 3 aromatic carbocycles. The summed E-state index contributed by atoms with van der Waals surface area (Å²) < 4.78 is 2.12. The first-order chi connectivity index (χ1) is 14.2. The highest BCUT2D eigenvalue weighted by atomic mass is 16.1. The number of nitrogens with zero attached hydrogens (tertiary/aromatic N) is 2. The second-order valence-corrected chi connectivity index (χ2v) is 7.08. The van der Waals surface area contributed by atoms with Crippen molar-refractivity contribution in [2.75, 3.05) is 0 Å². The van der Waals surface area contributed by atoms with E-state index >= 15 is 0 Å². The third-order valence-corrected chi connectivity index (χ3v) is 5.22. The molecule has 0 bridgehead atoms. The van der Waals surface area contributed by atoms with E-state index in [9.17, 15) is 4.79 Å². The summed E-state index contributed by atoms with van der Waals surface area (Å²) in [6, 6.07) is 30.6. The Hall–Kier alpha value is -3.50. The minimum absolute atomic E-state index is 0.408. The smallest absolute Gasteiger partial charge is 0.137 e. The van der Waals surface area contributed by atoms with E-state index in [0.717, 1.165) is 28.7 Å². The van der Waals surface area contributed by atoms with Crippen LogP contribution in [0.15, 0.2) is 104 Å². The average Bonchev–Trinajstić information content (AvgIpc) is 3.25. The lowest BCUT2D eigenvalue weighted by atomic mass is 9.77. The van der Waals surface area contributed by atoms with Crippen molar-refractivity contribution < 1.29 is 4.79 Å². The van der Waals surface area contributed by atoms with Crippen LogP contribution in [0.2, 0.25) is 0 Å². The van der Waals surface area contributed by atoms with Gasteiger partial charge in [0.05, 0.1) is 18.1 Å². The summed E-state index contributed by atoms with van der Waals surface area (Å²) in [6.45, 7) is 0. The number of rotatable bonds is 7. The summed E-state index contributed by atoms with van der Waals surface area (Å²) in [4.78, 5) is 15.6. The van der Waals surface area contributed by atoms with Gasteiger partial charge in [0.15, 0.2) is 0 Å². The maximum absolute atomic E-state index is 11.0. The maximum atomic E-state index is 11.0. The standard InChI is InChI=1S/C25H23N3O/c26-23(18-29)16-24-17-28(19-27-24)25(20-10-4-1-5-11-20,21-12-6-2-7-13-21)22-14-8-3-9-15-22/h1-15,17-19,23H,16,26H2. The number of benzene rings is 3. The first-order valence-electron chi connectivity index (χ1n) is 9.66. The van der Waals surface area contributed by atoms with Crippen LogP contribution in [-0.2, 0) is 16.8 Å². The third kappa shape index (κ3) is 3.50. The highest BCUT2D eigenvalue weighted by Crippen LogP contribution is 2.40. The van der Waals surface area contributed by atoms with Gasteiger partial charge in [-0.2, -0.15) is 0 Å². The minimum atomic E-state index is -0.597. The molecular weight excluding hydrogens is 358 g/mol. The molecule has 1 aromatic heterocycles. The SMILES string of the molecule is NC(C=O)Cc1cn(C(c2ccccc2)(c2ccccc2)c2ccccc2)cn1. The number of aromatic nitrogens is 2. The topological polar surface area (TPSA) is 60.9 Å². The molecule has 1 unspecified atom stereocenters. The Morgan fingerprint density at radius 1 is 0.828 bits per heavy atom. The zero-order valence-corrected chi connectivity index (χ0v) is 16.1. The zero-order valence-electron chi connectivity index (χ0n) is 16.1. The second kappa shape index (κ2) is 8.25. The highest BCUT2D eigenvalue weighted by Gasteiger charge is 2.38. The predicted molar refractivity (Wildman–Crippen MR) is 115 cm³/mol. The number of carbonyl (C=O) groups excluding carboxylic acids is 1. The van der Waals surface area contributed by atoms with E-state index in [1.807, 2.05) is 30.7 Å². The Balaban J connectivity index is 2.00. The fraction of sp³-hybridized carbons (Fsp3) is 0.120. The summed E-state index contributed by atoms with van der Waals surface area (Å²) in [5.74, 6) is 0. The van der Waals surface area contributed by atoms with E-state index in [4.69, 9.17) is 5.73 Å². The van der Waals surface area contributed by atoms with Crippen LogP contribution >= 0.6 is 0 Å². The first-order valence-corrected chi connectivity index (χ1v) is 9.66. The predicted octanol–water partition coefficient (Wildman–Crippen LogP) is 3.79. The summed E-state index contributed by atoms with van der Waals surface area (Å²) in [6.07, 6.45) is 5.00. The number of carbonyl (C=O) groups is 1. The Morgan fingerprint density at radius 2 is 1.28 bits per heavy atom. The minimum Gasteiger partial charge on any atom is -0.321 e. The summed E-state index contributed by atoms with van der Waals surface area (Å²) in [5, 5.41) is 0. The van der Waals surface area contributed by atoms with Gasteiger partial charge in [-0.05, 0) is 16.7 Å². The molecule has 0 aliphatic carbocycles. The Bertz CT molecular complexity index is 962. The average molecular weight is 381 g/mol. The molecule has 4 heteroatoms. The summed E-state index contributed by atoms with van der Waals surface area (Å²) >= 11 is 0. The van der Waals surface area contributed by atoms with Crippen molar-refractivity contribution in [2.24, 2.45) is 5.73 Å². The van der Waals surface area contributed by atoms with Crippen molar-refractivity contribution in [3.63, 3.8) is 0 Å². The van der Waals surface area contributed by atoms with Crippen LogP contribution in [0.25, 0.3) is 0 Å². The van der Waals surface area contributed by atoms with Crippen molar-refractivity contribution in [3.8, 4) is 0 Å². The van der Waals surface area contributed by atoms with Crippen molar-refractivity contribution >= 4 is 6.29 Å². The molecule has 1 heterocycles. The van der Waals surface area contributed by atoms with Gasteiger partial charge in [0, 0.05) is 12.6 Å². The molecule has 144 valence electrons. The number of hydrogen-bond donors (Lipinski definition) is 1. The van der Waals surface area contributed by atoms with Gasteiger partial charge in [-0.3, -0.25) is 0 Å². The molecule has 4 rings (SSSR count). The monoisotopic (exact) mass is 381 g/mol. The highest BCUT2D eigenvalue weighted by molar-refractivity contribution is 5.57. The van der Waals surface area contributed by atoms with E-state index in [1.165, 1.54) is 0 Å². The van der Waals surface area contributed by atoms with Gasteiger partial charge in [0.2, 0.25) is 0 Å². The van der Waals surface area contributed by atoms with Gasteiger partial charge in [-0.1, -0.05) is 91.0 Å². The van der Waals surface area contributed by atoms with Crippen molar-refractivity contribution in [3.05, 3.63) is 126 Å². The fourth-order valence-corrected chi connectivity index (χ4v) is 3.93. The zero-order chi connectivity index (χ0) is 20.1. The van der Waals surface area contributed by atoms with Crippen LogP contribution in [0.4, 0.5) is 0 Å². The molecule has 0 aliphatic heterocycles. The summed E-state index contributed by atoms with van der Waals surface area (Å²) in [7, 11) is 0. The second-order valence-electron chi connectivity index (χ2n) is 7.08. The van der Waals surface area contributed by atoms with E-state index < -0.39 is 11.6 Å². The van der Waals surface area contributed by atoms with Crippen LogP contribution < -0.4 is 5.73 Å². The molecule has 0 fully saturated rings. The largest absolute Gasteiger partial charge is 0.321 e. The van der Waals surface area contributed by atoms with E-state index in [0.29, 0.717) is 6.42 Å². The van der Waals surface area contributed by atoms with E-state index in [1.54, 1.807) is 0 Å². The van der Waals surface area contributed by atoms with E-state index in [-0.39, 0.29) is 0 Å². The Kier molecular flexibility index (Phi) is 5.36.